The minimum absolute atomic E-state index is 0.0694. The number of nitrogens with zero attached hydrogens (tertiary/aromatic N) is 2. The van der Waals surface area contributed by atoms with Crippen LogP contribution >= 0.6 is 15.9 Å². The van der Waals surface area contributed by atoms with E-state index in [2.05, 4.69) is 31.1 Å². The number of amides is 1. The Balaban J connectivity index is 1.50. The van der Waals surface area contributed by atoms with Crippen LogP contribution in [-0.2, 0) is 11.2 Å². The number of hydrogen-bond donors (Lipinski definition) is 1. The summed E-state index contributed by atoms with van der Waals surface area (Å²) in [6.45, 7) is 1.65. The second-order valence-electron chi connectivity index (χ2n) is 6.44. The van der Waals surface area contributed by atoms with Crippen molar-refractivity contribution in [3.05, 3.63) is 52.6 Å². The van der Waals surface area contributed by atoms with Crippen LogP contribution in [0.2, 0.25) is 0 Å². The van der Waals surface area contributed by atoms with E-state index in [4.69, 9.17) is 4.74 Å². The fourth-order valence-corrected chi connectivity index (χ4v) is 3.79. The maximum atomic E-state index is 12.3. The highest BCUT2D eigenvalue weighted by atomic mass is 79.9. The van der Waals surface area contributed by atoms with Gasteiger partial charge in [-0.1, -0.05) is 22.0 Å². The number of methoxy groups -OCH3 is 1. The van der Waals surface area contributed by atoms with E-state index in [1.807, 2.05) is 42.6 Å². The molecule has 1 aliphatic heterocycles. The normalized spacial score (nSPS) is 16.5. The summed E-state index contributed by atoms with van der Waals surface area (Å²) in [5.41, 5.74) is 1.04. The molecular weight excluding hydrogens is 394 g/mol. The number of aryl methyl sites for hydroxylation is 1. The molecule has 1 unspecified atom stereocenters. The van der Waals surface area contributed by atoms with E-state index in [9.17, 15) is 4.79 Å². The lowest BCUT2D eigenvalue weighted by Crippen LogP contribution is -2.40. The number of pyridine rings is 1. The lowest BCUT2D eigenvalue weighted by molar-refractivity contribution is -0.121. The molecule has 1 aromatic heterocycles. The van der Waals surface area contributed by atoms with Gasteiger partial charge in [0.15, 0.2) is 0 Å². The monoisotopic (exact) mass is 417 g/mol. The first-order chi connectivity index (χ1) is 12.7. The molecule has 0 saturated carbocycles. The number of rotatable bonds is 7. The standard InChI is InChI=1S/C20H24BrN3O2/c1-26-18-9-8-16(21)13-15(18)7-10-20(25)23-14-17-5-4-12-24(17)19-6-2-3-11-22-19/h2-3,6,8-9,11,13,17H,4-5,7,10,12,14H2,1H3,(H,23,25). The van der Waals surface area contributed by atoms with Crippen LogP contribution in [0.4, 0.5) is 5.82 Å². The minimum Gasteiger partial charge on any atom is -0.496 e. The Labute approximate surface area is 162 Å². The summed E-state index contributed by atoms with van der Waals surface area (Å²) in [5, 5.41) is 3.09. The molecule has 0 aliphatic carbocycles. The van der Waals surface area contributed by atoms with Crippen molar-refractivity contribution in [1.82, 2.24) is 10.3 Å². The number of anilines is 1. The number of carbonyl (C=O) groups excluding carboxylic acids is 1. The predicted molar refractivity (Wildman–Crippen MR) is 107 cm³/mol. The molecule has 5 nitrogen and oxygen atoms in total. The predicted octanol–water partition coefficient (Wildman–Crippen LogP) is 3.57. The Morgan fingerprint density at radius 2 is 2.27 bits per heavy atom. The maximum absolute atomic E-state index is 12.3. The third-order valence-corrected chi connectivity index (χ3v) is 5.21. The summed E-state index contributed by atoms with van der Waals surface area (Å²) in [5.74, 6) is 1.88. The average Bonchev–Trinajstić information content (AvgIpc) is 3.14. The van der Waals surface area contributed by atoms with Gasteiger partial charge in [0.2, 0.25) is 5.91 Å². The van der Waals surface area contributed by atoms with Crippen LogP contribution in [0, 0.1) is 0 Å². The molecule has 3 rings (SSSR count). The van der Waals surface area contributed by atoms with Gasteiger partial charge in [-0.05, 0) is 55.2 Å². The smallest absolute Gasteiger partial charge is 0.220 e. The second kappa shape index (κ2) is 9.03. The molecule has 1 amide bonds. The van der Waals surface area contributed by atoms with E-state index < -0.39 is 0 Å². The minimum atomic E-state index is 0.0694. The number of benzene rings is 1. The first-order valence-electron chi connectivity index (χ1n) is 8.94. The quantitative estimate of drug-likeness (QED) is 0.747. The number of carbonyl (C=O) groups is 1. The third kappa shape index (κ3) is 4.75. The van der Waals surface area contributed by atoms with E-state index in [1.54, 1.807) is 7.11 Å². The molecule has 1 fully saturated rings. The second-order valence-corrected chi connectivity index (χ2v) is 7.35. The lowest BCUT2D eigenvalue weighted by Gasteiger charge is -2.25. The number of ether oxygens (including phenoxy) is 1. The van der Waals surface area contributed by atoms with Crippen molar-refractivity contribution in [1.29, 1.82) is 0 Å². The molecular formula is C20H24BrN3O2. The first-order valence-corrected chi connectivity index (χ1v) is 9.73. The maximum Gasteiger partial charge on any atom is 0.220 e. The van der Waals surface area contributed by atoms with Gasteiger partial charge in [0.05, 0.1) is 7.11 Å². The van der Waals surface area contributed by atoms with Gasteiger partial charge in [0, 0.05) is 36.2 Å². The summed E-state index contributed by atoms with van der Waals surface area (Å²) >= 11 is 3.47. The molecule has 2 aromatic rings. The van der Waals surface area contributed by atoms with Crippen molar-refractivity contribution in [2.75, 3.05) is 25.1 Å². The Hall–Kier alpha value is -2.08. The zero-order valence-electron chi connectivity index (χ0n) is 15.0. The van der Waals surface area contributed by atoms with Crippen LogP contribution in [0.1, 0.15) is 24.8 Å². The lowest BCUT2D eigenvalue weighted by atomic mass is 10.1. The number of aromatic nitrogens is 1. The number of hydrogen-bond acceptors (Lipinski definition) is 4. The Morgan fingerprint density at radius 1 is 1.38 bits per heavy atom. The van der Waals surface area contributed by atoms with Gasteiger partial charge in [-0.15, -0.1) is 0 Å². The Kier molecular flexibility index (Phi) is 6.50. The van der Waals surface area contributed by atoms with E-state index in [0.717, 1.165) is 41.0 Å². The fraction of sp³-hybridized carbons (Fsp3) is 0.400. The third-order valence-electron chi connectivity index (χ3n) is 4.72. The largest absolute Gasteiger partial charge is 0.496 e. The average molecular weight is 418 g/mol. The SMILES string of the molecule is COc1ccc(Br)cc1CCC(=O)NCC1CCCN1c1ccccn1. The molecule has 1 N–H and O–H groups in total. The summed E-state index contributed by atoms with van der Waals surface area (Å²) in [4.78, 5) is 19.0. The fourth-order valence-electron chi connectivity index (χ4n) is 3.38. The molecule has 1 aliphatic rings. The highest BCUT2D eigenvalue weighted by Gasteiger charge is 2.25. The molecule has 138 valence electrons. The van der Waals surface area contributed by atoms with Crippen LogP contribution in [0.25, 0.3) is 0 Å². The van der Waals surface area contributed by atoms with E-state index in [0.29, 0.717) is 25.4 Å². The van der Waals surface area contributed by atoms with Gasteiger partial charge >= 0.3 is 0 Å². The number of halogens is 1. The van der Waals surface area contributed by atoms with Gasteiger partial charge < -0.3 is 15.0 Å². The summed E-state index contributed by atoms with van der Waals surface area (Å²) in [7, 11) is 1.65. The highest BCUT2D eigenvalue weighted by Crippen LogP contribution is 2.25. The van der Waals surface area contributed by atoms with Gasteiger partial charge in [-0.3, -0.25) is 4.79 Å². The molecule has 1 atom stereocenters. The number of nitrogens with one attached hydrogen (secondary N) is 1. The molecule has 0 bridgehead atoms. The van der Waals surface area contributed by atoms with Gasteiger partial charge in [-0.2, -0.15) is 0 Å². The van der Waals surface area contributed by atoms with E-state index in [-0.39, 0.29) is 5.91 Å². The van der Waals surface area contributed by atoms with E-state index >= 15 is 0 Å². The summed E-state index contributed by atoms with van der Waals surface area (Å²) in [6.07, 6.45) is 5.13. The zero-order valence-corrected chi connectivity index (χ0v) is 16.5. The van der Waals surface area contributed by atoms with Crippen molar-refractivity contribution >= 4 is 27.7 Å². The van der Waals surface area contributed by atoms with Gasteiger partial charge in [-0.25, -0.2) is 4.98 Å². The summed E-state index contributed by atoms with van der Waals surface area (Å²) < 4.78 is 6.36. The first kappa shape index (κ1) is 18.7. The molecule has 2 heterocycles. The van der Waals surface area contributed by atoms with Gasteiger partial charge in [0.25, 0.3) is 0 Å². The van der Waals surface area contributed by atoms with Crippen molar-refractivity contribution < 1.29 is 9.53 Å². The van der Waals surface area contributed by atoms with Crippen LogP contribution in [0.15, 0.2) is 47.1 Å². The molecule has 0 radical (unpaired) electrons. The van der Waals surface area contributed by atoms with Crippen molar-refractivity contribution in [2.45, 2.75) is 31.7 Å². The topological polar surface area (TPSA) is 54.5 Å². The summed E-state index contributed by atoms with van der Waals surface area (Å²) in [6, 6.07) is 12.1. The van der Waals surface area contributed by atoms with Crippen LogP contribution < -0.4 is 15.0 Å². The molecule has 0 spiro atoms. The molecule has 1 aromatic carbocycles. The van der Waals surface area contributed by atoms with Gasteiger partial charge in [0.1, 0.15) is 11.6 Å². The highest BCUT2D eigenvalue weighted by molar-refractivity contribution is 9.10. The van der Waals surface area contributed by atoms with Crippen molar-refractivity contribution in [2.24, 2.45) is 0 Å². The van der Waals surface area contributed by atoms with Crippen molar-refractivity contribution in [3.63, 3.8) is 0 Å². The zero-order chi connectivity index (χ0) is 18.4. The van der Waals surface area contributed by atoms with Crippen LogP contribution in [0.3, 0.4) is 0 Å². The van der Waals surface area contributed by atoms with E-state index in [1.165, 1.54) is 0 Å². The molecule has 1 saturated heterocycles. The van der Waals surface area contributed by atoms with Crippen molar-refractivity contribution in [3.8, 4) is 5.75 Å². The Morgan fingerprint density at radius 3 is 3.04 bits per heavy atom. The van der Waals surface area contributed by atoms with Crippen LogP contribution in [0.5, 0.6) is 5.75 Å². The molecule has 6 heteroatoms. The van der Waals surface area contributed by atoms with Crippen LogP contribution in [-0.4, -0.2) is 37.1 Å². The Bertz CT molecular complexity index is 739. The molecule has 26 heavy (non-hydrogen) atoms.